The first-order valence-electron chi connectivity index (χ1n) is 29.6. The van der Waals surface area contributed by atoms with Gasteiger partial charge in [0.15, 0.2) is 17.5 Å². The Balaban J connectivity index is 0.835. The normalized spacial score (nSPS) is 12.5. The number of nitrogens with zero attached hydrogens (tertiary/aromatic N) is 6. The van der Waals surface area contributed by atoms with Crippen LogP contribution in [0.5, 0.6) is 0 Å². The minimum Gasteiger partial charge on any atom is -0.311 e. The van der Waals surface area contributed by atoms with Crippen molar-refractivity contribution in [1.82, 2.24) is 19.5 Å². The maximum atomic E-state index is 5.37. The molecule has 16 rings (SSSR count). The zero-order chi connectivity index (χ0) is 57.5. The molecule has 0 saturated carbocycles. The molecule has 0 unspecified atom stereocenters. The van der Waals surface area contributed by atoms with Crippen molar-refractivity contribution in [2.24, 2.45) is 0 Å². The van der Waals surface area contributed by atoms with Crippen LogP contribution in [0.1, 0.15) is 26.3 Å². The Labute approximate surface area is 501 Å². The summed E-state index contributed by atoms with van der Waals surface area (Å²) in [6.07, 6.45) is 0. The monoisotopic (exact) mass is 1100 g/mol. The van der Waals surface area contributed by atoms with Gasteiger partial charge >= 0.3 is 0 Å². The number of hydrogen-bond acceptors (Lipinski definition) is 5. The number of rotatable bonds is 9. The number of para-hydroxylation sites is 5. The van der Waals surface area contributed by atoms with Crippen LogP contribution in [-0.4, -0.2) is 26.2 Å². The van der Waals surface area contributed by atoms with E-state index < -0.39 is 0 Å². The molecular formula is C79H57BN6. The fraction of sp³-hybridized carbons (Fsp3) is 0.0506. The summed E-state index contributed by atoms with van der Waals surface area (Å²) in [4.78, 5) is 20.8. The van der Waals surface area contributed by atoms with Gasteiger partial charge in [0.2, 0.25) is 0 Å². The summed E-state index contributed by atoms with van der Waals surface area (Å²) in [5.41, 5.74) is 24.8. The molecule has 4 heterocycles. The molecule has 0 saturated heterocycles. The summed E-state index contributed by atoms with van der Waals surface area (Å²) in [6.45, 7) is 6.93. The van der Waals surface area contributed by atoms with Gasteiger partial charge < -0.3 is 14.4 Å². The van der Waals surface area contributed by atoms with Crippen molar-refractivity contribution in [3.8, 4) is 73.2 Å². The van der Waals surface area contributed by atoms with Gasteiger partial charge in [-0.05, 0) is 140 Å². The molecule has 0 atom stereocenters. The van der Waals surface area contributed by atoms with Crippen LogP contribution < -0.4 is 26.2 Å². The highest BCUT2D eigenvalue weighted by atomic mass is 15.2. The number of aromatic nitrogens is 4. The van der Waals surface area contributed by atoms with Crippen molar-refractivity contribution in [3.63, 3.8) is 0 Å². The van der Waals surface area contributed by atoms with E-state index in [0.29, 0.717) is 17.5 Å². The summed E-state index contributed by atoms with van der Waals surface area (Å²) in [6, 6.07) is 105. The second-order valence-electron chi connectivity index (χ2n) is 23.6. The van der Waals surface area contributed by atoms with E-state index in [2.05, 4.69) is 290 Å². The highest BCUT2D eigenvalue weighted by Crippen LogP contribution is 2.46. The smallest absolute Gasteiger partial charge is 0.252 e. The maximum Gasteiger partial charge on any atom is 0.252 e. The number of hydrogen-bond donors (Lipinski definition) is 0. The van der Waals surface area contributed by atoms with Gasteiger partial charge in [0.25, 0.3) is 6.71 Å². The van der Waals surface area contributed by atoms with E-state index in [1.165, 1.54) is 55.5 Å². The third kappa shape index (κ3) is 8.53. The summed E-state index contributed by atoms with van der Waals surface area (Å²) in [7, 11) is 0. The van der Waals surface area contributed by atoms with Crippen LogP contribution >= 0.6 is 0 Å². The van der Waals surface area contributed by atoms with Crippen molar-refractivity contribution in [3.05, 3.63) is 297 Å². The molecule has 6 nitrogen and oxygen atoms in total. The molecule has 2 aromatic heterocycles. The molecule has 86 heavy (non-hydrogen) atoms. The lowest BCUT2D eigenvalue weighted by molar-refractivity contribution is 0.591. The Morgan fingerprint density at radius 3 is 1.40 bits per heavy atom. The minimum absolute atomic E-state index is 0.0426. The van der Waals surface area contributed by atoms with E-state index in [4.69, 9.17) is 15.0 Å². The molecule has 0 bridgehead atoms. The van der Waals surface area contributed by atoms with Crippen molar-refractivity contribution in [2.45, 2.75) is 26.2 Å². The predicted molar refractivity (Wildman–Crippen MR) is 360 cm³/mol. The molecule has 7 heteroatoms. The Morgan fingerprint density at radius 2 is 0.756 bits per heavy atom. The number of benzene rings is 12. The Bertz CT molecular complexity index is 4890. The highest BCUT2D eigenvalue weighted by molar-refractivity contribution is 7.00. The Hall–Kier alpha value is -10.9. The lowest BCUT2D eigenvalue weighted by Crippen LogP contribution is -2.61. The fourth-order valence-electron chi connectivity index (χ4n) is 13.3. The topological polar surface area (TPSA) is 50.1 Å². The molecule has 406 valence electrons. The van der Waals surface area contributed by atoms with E-state index in [1.807, 2.05) is 36.4 Å². The first-order valence-corrected chi connectivity index (χ1v) is 29.6. The molecule has 0 radical (unpaired) electrons. The van der Waals surface area contributed by atoms with E-state index in [9.17, 15) is 0 Å². The molecule has 0 N–H and O–H groups in total. The van der Waals surface area contributed by atoms with Crippen molar-refractivity contribution in [1.29, 1.82) is 0 Å². The van der Waals surface area contributed by atoms with Crippen molar-refractivity contribution in [2.75, 3.05) is 9.80 Å². The average molecular weight is 1100 g/mol. The minimum atomic E-state index is -0.0426. The van der Waals surface area contributed by atoms with Gasteiger partial charge in [-0.25, -0.2) is 15.0 Å². The molecule has 14 aromatic rings. The first-order chi connectivity index (χ1) is 42.3. The fourth-order valence-corrected chi connectivity index (χ4v) is 13.3. The number of anilines is 6. The summed E-state index contributed by atoms with van der Waals surface area (Å²) in [5.74, 6) is 1.83. The molecule has 0 spiro atoms. The Kier molecular flexibility index (Phi) is 12.1. The zero-order valence-electron chi connectivity index (χ0n) is 48.0. The quantitative estimate of drug-likeness (QED) is 0.135. The van der Waals surface area contributed by atoms with Crippen molar-refractivity contribution < 1.29 is 0 Å². The van der Waals surface area contributed by atoms with Gasteiger partial charge in [0.1, 0.15) is 0 Å². The standard InChI is InChI=1S/C79H57BN6/c1-79(2,3)59-46-47-69-65(51-59)63-36-13-16-41-68(63)86(69)75-62(37-22-38-64(75)78-82-76(52-24-7-4-8-25-52)81-77(83-78)53-26-9-5-10-27-53)58-32-20-30-56(49-58)54-28-19-29-55(48-54)57-31-21-35-61(50-57)85-71-43-18-15-40-67(71)80-66-39-14-17-42-70(66)84(60-33-11-6-12-34-60)72-44-23-45-73(85)74(72)80/h4-51H,1-3H3. The lowest BCUT2D eigenvalue weighted by atomic mass is 9.33. The van der Waals surface area contributed by atoms with Crippen LogP contribution in [-0.2, 0) is 5.41 Å². The zero-order valence-corrected chi connectivity index (χ0v) is 48.0. The SMILES string of the molecule is CC(C)(C)c1ccc2c(c1)c1ccccc1n2-c1c(-c2cccc(-c3cccc(-c4cccc(N5c6ccccc6B6c7ccccc7N(c7ccccc7)c7cccc5c76)c4)c3)c2)cccc1-c1nc(-c2ccccc2)nc(-c2ccccc2)n1. The molecule has 0 aliphatic carbocycles. The summed E-state index contributed by atoms with van der Waals surface area (Å²) < 4.78 is 2.45. The van der Waals surface area contributed by atoms with E-state index >= 15 is 0 Å². The van der Waals surface area contributed by atoms with Crippen LogP contribution in [0.4, 0.5) is 34.1 Å². The van der Waals surface area contributed by atoms with Crippen molar-refractivity contribution >= 4 is 79.0 Å². The first kappa shape index (κ1) is 50.8. The highest BCUT2D eigenvalue weighted by Gasteiger charge is 2.43. The summed E-state index contributed by atoms with van der Waals surface area (Å²) in [5, 5.41) is 2.39. The molecule has 12 aromatic carbocycles. The van der Waals surface area contributed by atoms with Crippen LogP contribution in [0, 0.1) is 0 Å². The van der Waals surface area contributed by atoms with Gasteiger partial charge in [-0.3, -0.25) is 0 Å². The lowest BCUT2D eigenvalue weighted by Gasteiger charge is -2.44. The van der Waals surface area contributed by atoms with E-state index in [1.54, 1.807) is 0 Å². The van der Waals surface area contributed by atoms with Crippen LogP contribution in [0.15, 0.2) is 291 Å². The average Bonchev–Trinajstić information content (AvgIpc) is 0.834. The van der Waals surface area contributed by atoms with Gasteiger partial charge in [0, 0.05) is 67.2 Å². The van der Waals surface area contributed by atoms with Gasteiger partial charge in [-0.1, -0.05) is 227 Å². The second-order valence-corrected chi connectivity index (χ2v) is 23.6. The molecule has 2 aliphatic heterocycles. The third-order valence-electron chi connectivity index (χ3n) is 17.4. The molecular weight excluding hydrogens is 1040 g/mol. The van der Waals surface area contributed by atoms with Gasteiger partial charge in [-0.15, -0.1) is 0 Å². The summed E-state index contributed by atoms with van der Waals surface area (Å²) >= 11 is 0. The van der Waals surface area contributed by atoms with Gasteiger partial charge in [-0.2, -0.15) is 0 Å². The second kappa shape index (κ2) is 20.5. The number of fused-ring (bicyclic) bond motifs is 7. The molecule has 0 amide bonds. The van der Waals surface area contributed by atoms with Gasteiger partial charge in [0.05, 0.1) is 16.7 Å². The van der Waals surface area contributed by atoms with Crippen LogP contribution in [0.3, 0.4) is 0 Å². The van der Waals surface area contributed by atoms with Crippen LogP contribution in [0.25, 0.3) is 95.0 Å². The molecule has 0 fully saturated rings. The largest absolute Gasteiger partial charge is 0.311 e. The maximum absolute atomic E-state index is 5.37. The predicted octanol–water partition coefficient (Wildman–Crippen LogP) is 18.4. The third-order valence-corrected chi connectivity index (χ3v) is 17.4. The van der Waals surface area contributed by atoms with Crippen LogP contribution in [0.2, 0.25) is 0 Å². The molecule has 2 aliphatic rings. The van der Waals surface area contributed by atoms with E-state index in [-0.39, 0.29) is 12.1 Å². The Morgan fingerprint density at radius 1 is 0.314 bits per heavy atom. The van der Waals surface area contributed by atoms with E-state index in [0.717, 1.165) is 78.2 Å².